The van der Waals surface area contributed by atoms with Crippen LogP contribution in [0.3, 0.4) is 0 Å². The second-order valence-corrected chi connectivity index (χ2v) is 2.88. The maximum Gasteiger partial charge on any atom is 0.140 e. The molecule has 4 atom stereocenters. The van der Waals surface area contributed by atoms with Crippen molar-refractivity contribution in [3.05, 3.63) is 0 Å². The van der Waals surface area contributed by atoms with Gasteiger partial charge in [-0.25, -0.2) is 4.39 Å². The zero-order chi connectivity index (χ0) is 6.59. The number of halogens is 1. The van der Waals surface area contributed by atoms with E-state index in [1.54, 1.807) is 0 Å². The van der Waals surface area contributed by atoms with Gasteiger partial charge < -0.3 is 5.73 Å². The van der Waals surface area contributed by atoms with Gasteiger partial charge >= 0.3 is 0 Å². The van der Waals surface area contributed by atoms with Crippen LogP contribution in [-0.2, 0) is 4.79 Å². The number of alkyl halides is 1. The van der Waals surface area contributed by atoms with Gasteiger partial charge in [-0.05, 0) is 0 Å². The van der Waals surface area contributed by atoms with Crippen molar-refractivity contribution in [2.45, 2.75) is 18.6 Å². The lowest BCUT2D eigenvalue weighted by atomic mass is 10.2. The molecule has 0 bridgehead atoms. The Morgan fingerprint density at radius 3 is 2.56 bits per heavy atom. The van der Waals surface area contributed by atoms with Gasteiger partial charge in [0.05, 0.1) is 5.92 Å². The molecule has 0 radical (unpaired) electrons. The molecular formula is C6H8FNO. The van der Waals surface area contributed by atoms with Gasteiger partial charge in [-0.1, -0.05) is 0 Å². The number of carbonyl (C=O) groups excluding carboxylic acids is 1. The van der Waals surface area contributed by atoms with Crippen LogP contribution in [0.25, 0.3) is 0 Å². The molecule has 2 rings (SSSR count). The Labute approximate surface area is 52.2 Å². The topological polar surface area (TPSA) is 43.1 Å². The van der Waals surface area contributed by atoms with E-state index in [1.165, 1.54) is 0 Å². The second-order valence-electron chi connectivity index (χ2n) is 2.88. The first-order valence-corrected chi connectivity index (χ1v) is 3.14. The Bertz CT molecular complexity index is 170. The van der Waals surface area contributed by atoms with Gasteiger partial charge in [-0.2, -0.15) is 0 Å². The van der Waals surface area contributed by atoms with Crippen molar-refractivity contribution in [1.29, 1.82) is 0 Å². The Balaban J connectivity index is 2.19. The van der Waals surface area contributed by atoms with E-state index in [9.17, 15) is 9.18 Å². The summed E-state index contributed by atoms with van der Waals surface area (Å²) in [5, 5.41) is 0. The molecule has 0 spiro atoms. The van der Waals surface area contributed by atoms with E-state index in [-0.39, 0.29) is 23.7 Å². The number of ketones is 1. The molecule has 0 aliphatic heterocycles. The summed E-state index contributed by atoms with van der Waals surface area (Å²) in [4.78, 5) is 10.7. The van der Waals surface area contributed by atoms with E-state index >= 15 is 0 Å². The minimum absolute atomic E-state index is 0.0278. The van der Waals surface area contributed by atoms with E-state index in [1.807, 2.05) is 0 Å². The Hall–Kier alpha value is -0.440. The third kappa shape index (κ3) is 0.503. The highest BCUT2D eigenvalue weighted by Crippen LogP contribution is 2.51. The Morgan fingerprint density at radius 1 is 1.67 bits per heavy atom. The van der Waals surface area contributed by atoms with Crippen LogP contribution < -0.4 is 5.73 Å². The molecule has 0 aromatic carbocycles. The zero-order valence-corrected chi connectivity index (χ0v) is 4.88. The highest BCUT2D eigenvalue weighted by molar-refractivity contribution is 5.88. The monoisotopic (exact) mass is 129 g/mol. The van der Waals surface area contributed by atoms with Crippen molar-refractivity contribution in [3.8, 4) is 0 Å². The van der Waals surface area contributed by atoms with Crippen LogP contribution in [0, 0.1) is 11.8 Å². The molecule has 2 aliphatic carbocycles. The van der Waals surface area contributed by atoms with Crippen molar-refractivity contribution in [2.24, 2.45) is 17.6 Å². The Kier molecular flexibility index (Phi) is 0.799. The standard InChI is InChI=1S/C6H8FNO/c7-6-4-2(8)1-3(9)5(4)6/h2,4-6H,1,8H2/t2-,4-,5+,6-/m0/s1. The average Bonchev–Trinajstić information content (AvgIpc) is 2.30. The summed E-state index contributed by atoms with van der Waals surface area (Å²) in [5.74, 6) is -0.391. The van der Waals surface area contributed by atoms with Crippen LogP contribution >= 0.6 is 0 Å². The van der Waals surface area contributed by atoms with Crippen LogP contribution in [0.2, 0.25) is 0 Å². The fourth-order valence-corrected chi connectivity index (χ4v) is 1.69. The predicted octanol–water partition coefficient (Wildman–Crippen LogP) is -0.129. The van der Waals surface area contributed by atoms with Gasteiger partial charge in [0.25, 0.3) is 0 Å². The summed E-state index contributed by atoms with van der Waals surface area (Å²) in [5.41, 5.74) is 5.44. The number of hydrogen-bond donors (Lipinski definition) is 1. The van der Waals surface area contributed by atoms with Crippen LogP contribution in [0.5, 0.6) is 0 Å². The number of hydrogen-bond acceptors (Lipinski definition) is 2. The molecule has 0 unspecified atom stereocenters. The molecule has 2 saturated carbocycles. The molecule has 2 aliphatic rings. The molecule has 3 heteroatoms. The first kappa shape index (κ1) is 5.35. The summed E-state index contributed by atoms with van der Waals surface area (Å²) < 4.78 is 12.4. The summed E-state index contributed by atoms with van der Waals surface area (Å²) in [6.07, 6.45) is -0.503. The smallest absolute Gasteiger partial charge is 0.140 e. The maximum atomic E-state index is 12.4. The first-order chi connectivity index (χ1) is 4.22. The van der Waals surface area contributed by atoms with Crippen molar-refractivity contribution in [2.75, 3.05) is 0 Å². The average molecular weight is 129 g/mol. The van der Waals surface area contributed by atoms with Crippen molar-refractivity contribution < 1.29 is 9.18 Å². The molecule has 2 nitrogen and oxygen atoms in total. The van der Waals surface area contributed by atoms with Crippen LogP contribution in [0.1, 0.15) is 6.42 Å². The molecule has 0 saturated heterocycles. The van der Waals surface area contributed by atoms with Gasteiger partial charge in [0, 0.05) is 18.4 Å². The van der Waals surface area contributed by atoms with Crippen molar-refractivity contribution >= 4 is 5.78 Å². The first-order valence-electron chi connectivity index (χ1n) is 3.14. The summed E-state index contributed by atoms with van der Waals surface area (Å²) >= 11 is 0. The van der Waals surface area contributed by atoms with E-state index in [2.05, 4.69) is 0 Å². The zero-order valence-electron chi connectivity index (χ0n) is 4.88. The largest absolute Gasteiger partial charge is 0.327 e. The maximum absolute atomic E-state index is 12.4. The SMILES string of the molecule is N[C@H]1CC(=O)[C@H]2[C@@H](F)[C@H]21. The third-order valence-corrected chi connectivity index (χ3v) is 2.29. The number of carbonyl (C=O) groups is 1. The van der Waals surface area contributed by atoms with Crippen LogP contribution in [-0.4, -0.2) is 18.0 Å². The van der Waals surface area contributed by atoms with E-state index in [0.29, 0.717) is 6.42 Å². The summed E-state index contributed by atoms with van der Waals surface area (Å²) in [7, 11) is 0. The fourth-order valence-electron chi connectivity index (χ4n) is 1.69. The molecule has 0 aromatic rings. The predicted molar refractivity (Wildman–Crippen MR) is 29.5 cm³/mol. The molecule has 2 N–H and O–H groups in total. The van der Waals surface area contributed by atoms with Crippen molar-refractivity contribution in [1.82, 2.24) is 0 Å². The second kappa shape index (κ2) is 1.34. The lowest BCUT2D eigenvalue weighted by Crippen LogP contribution is -2.22. The normalized spacial score (nSPS) is 55.6. The highest BCUT2D eigenvalue weighted by atomic mass is 19.1. The minimum atomic E-state index is -0.902. The van der Waals surface area contributed by atoms with E-state index in [0.717, 1.165) is 0 Å². The van der Waals surface area contributed by atoms with Crippen LogP contribution in [0.15, 0.2) is 0 Å². The molecule has 9 heavy (non-hydrogen) atoms. The van der Waals surface area contributed by atoms with Gasteiger partial charge in [0.1, 0.15) is 12.0 Å². The van der Waals surface area contributed by atoms with Crippen LogP contribution in [0.4, 0.5) is 4.39 Å². The third-order valence-electron chi connectivity index (χ3n) is 2.29. The number of Topliss-reactive ketones (excluding diaryl/α,β-unsaturated/α-hetero) is 1. The lowest BCUT2D eigenvalue weighted by molar-refractivity contribution is -0.119. The van der Waals surface area contributed by atoms with Gasteiger partial charge in [-0.15, -0.1) is 0 Å². The number of rotatable bonds is 0. The van der Waals surface area contributed by atoms with Crippen molar-refractivity contribution in [3.63, 3.8) is 0 Å². The number of fused-ring (bicyclic) bond motifs is 1. The molecule has 50 valence electrons. The fraction of sp³-hybridized carbons (Fsp3) is 0.833. The molecular weight excluding hydrogens is 121 g/mol. The molecule has 0 aromatic heterocycles. The van der Waals surface area contributed by atoms with E-state index < -0.39 is 6.17 Å². The quantitative estimate of drug-likeness (QED) is 0.495. The summed E-state index contributed by atoms with van der Waals surface area (Å²) in [6.45, 7) is 0. The number of nitrogens with two attached hydrogens (primary N) is 1. The minimum Gasteiger partial charge on any atom is -0.327 e. The van der Waals surface area contributed by atoms with Gasteiger partial charge in [-0.3, -0.25) is 4.79 Å². The highest BCUT2D eigenvalue weighted by Gasteiger charge is 2.63. The van der Waals surface area contributed by atoms with E-state index in [4.69, 9.17) is 5.73 Å². The molecule has 2 fully saturated rings. The van der Waals surface area contributed by atoms with Gasteiger partial charge in [0.2, 0.25) is 0 Å². The molecule has 0 heterocycles. The van der Waals surface area contributed by atoms with Gasteiger partial charge in [0.15, 0.2) is 0 Å². The Morgan fingerprint density at radius 2 is 2.33 bits per heavy atom. The summed E-state index contributed by atoms with van der Waals surface area (Å²) in [6, 6.07) is -0.183. The molecule has 0 amide bonds. The lowest BCUT2D eigenvalue weighted by Gasteiger charge is -2.00.